The molecule has 124 valence electrons. The van der Waals surface area contributed by atoms with Crippen molar-refractivity contribution in [3.8, 4) is 0 Å². The van der Waals surface area contributed by atoms with E-state index in [2.05, 4.69) is 25.3 Å². The Morgan fingerprint density at radius 2 is 1.83 bits per heavy atom. The highest BCUT2D eigenvalue weighted by Gasteiger charge is 2.31. The van der Waals surface area contributed by atoms with Crippen LogP contribution in [0.3, 0.4) is 0 Å². The van der Waals surface area contributed by atoms with Gasteiger partial charge in [0.1, 0.15) is 5.69 Å². The van der Waals surface area contributed by atoms with E-state index < -0.39 is 0 Å². The van der Waals surface area contributed by atoms with Gasteiger partial charge < -0.3 is 5.32 Å². The molecule has 3 aromatic rings. The molecule has 8 heteroatoms. The lowest BCUT2D eigenvalue weighted by molar-refractivity contribution is 0.0891. The second-order valence-corrected chi connectivity index (χ2v) is 6.90. The smallest absolute Gasteiger partial charge is 0.270 e. The van der Waals surface area contributed by atoms with E-state index in [4.69, 9.17) is 11.6 Å². The Labute approximate surface area is 144 Å². The molecule has 3 heterocycles. The number of hydrogen-bond donors (Lipinski definition) is 1. The van der Waals surface area contributed by atoms with Gasteiger partial charge in [0, 0.05) is 18.6 Å². The van der Waals surface area contributed by atoms with Crippen LogP contribution in [-0.2, 0) is 0 Å². The van der Waals surface area contributed by atoms with Crippen LogP contribution in [0.4, 0.5) is 0 Å². The Bertz CT molecular complexity index is 871. The lowest BCUT2D eigenvalue weighted by Gasteiger charge is -2.30. The first-order chi connectivity index (χ1) is 11.4. The number of halogens is 1. The monoisotopic (exact) mass is 344 g/mol. The van der Waals surface area contributed by atoms with Gasteiger partial charge in [-0.2, -0.15) is 0 Å². The van der Waals surface area contributed by atoms with Gasteiger partial charge in [-0.05, 0) is 11.5 Å². The Kier molecular flexibility index (Phi) is 4.19. The van der Waals surface area contributed by atoms with Gasteiger partial charge in [-0.25, -0.2) is 19.9 Å². The number of amides is 1. The van der Waals surface area contributed by atoms with Gasteiger partial charge in [0.05, 0.1) is 23.5 Å². The topological polar surface area (TPSA) is 85.1 Å². The first-order valence-corrected chi connectivity index (χ1v) is 7.80. The maximum absolute atomic E-state index is 12.8. The Balaban J connectivity index is 1.95. The number of hydrogen-bond acceptors (Lipinski definition) is 5. The fraction of sp³-hybridized carbons (Fsp3) is 0.312. The number of fused-ring (bicyclic) bond motifs is 1. The molecule has 1 N–H and O–H groups in total. The molecule has 0 spiro atoms. The van der Waals surface area contributed by atoms with Crippen molar-refractivity contribution in [1.82, 2.24) is 29.7 Å². The molecule has 0 aliphatic carbocycles. The SMILES string of the molecule is CC(C)(C)C(NC(=O)c1cnc2ncc(Cl)cn12)c1ncccn1. The van der Waals surface area contributed by atoms with E-state index >= 15 is 0 Å². The Hall–Kier alpha value is -2.54. The summed E-state index contributed by atoms with van der Waals surface area (Å²) < 4.78 is 1.56. The maximum atomic E-state index is 12.8. The van der Waals surface area contributed by atoms with Gasteiger partial charge in [0.15, 0.2) is 5.82 Å². The molecule has 0 aliphatic heterocycles. The molecule has 0 aliphatic rings. The van der Waals surface area contributed by atoms with E-state index in [-0.39, 0.29) is 17.4 Å². The average molecular weight is 345 g/mol. The molecule has 3 aromatic heterocycles. The summed E-state index contributed by atoms with van der Waals surface area (Å²) in [6.07, 6.45) is 7.88. The first-order valence-electron chi connectivity index (χ1n) is 7.42. The van der Waals surface area contributed by atoms with E-state index in [1.807, 2.05) is 20.8 Å². The second kappa shape index (κ2) is 6.16. The molecule has 1 atom stereocenters. The number of aromatic nitrogens is 5. The van der Waals surface area contributed by atoms with E-state index in [0.717, 1.165) is 0 Å². The van der Waals surface area contributed by atoms with Crippen LogP contribution in [0, 0.1) is 5.41 Å². The number of carbonyl (C=O) groups is 1. The minimum absolute atomic E-state index is 0.270. The van der Waals surface area contributed by atoms with Crippen LogP contribution in [0.1, 0.15) is 43.1 Å². The summed E-state index contributed by atoms with van der Waals surface area (Å²) in [5, 5.41) is 3.42. The minimum Gasteiger partial charge on any atom is -0.340 e. The third-order valence-electron chi connectivity index (χ3n) is 3.55. The Morgan fingerprint density at radius 1 is 1.17 bits per heavy atom. The quantitative estimate of drug-likeness (QED) is 0.789. The van der Waals surface area contributed by atoms with Crippen LogP contribution in [0.15, 0.2) is 37.1 Å². The molecular formula is C16H17ClN6O. The molecule has 0 fully saturated rings. The van der Waals surface area contributed by atoms with Crippen molar-refractivity contribution in [2.24, 2.45) is 5.41 Å². The van der Waals surface area contributed by atoms with Crippen molar-refractivity contribution >= 4 is 23.3 Å². The molecular weight excluding hydrogens is 328 g/mol. The van der Waals surface area contributed by atoms with Crippen molar-refractivity contribution in [2.45, 2.75) is 26.8 Å². The van der Waals surface area contributed by atoms with E-state index in [1.165, 1.54) is 12.4 Å². The molecule has 0 radical (unpaired) electrons. The molecule has 0 saturated heterocycles. The van der Waals surface area contributed by atoms with Crippen LogP contribution >= 0.6 is 11.6 Å². The second-order valence-electron chi connectivity index (χ2n) is 6.47. The third-order valence-corrected chi connectivity index (χ3v) is 3.75. The van der Waals surface area contributed by atoms with Gasteiger partial charge in [-0.1, -0.05) is 32.4 Å². The van der Waals surface area contributed by atoms with Crippen molar-refractivity contribution < 1.29 is 4.79 Å². The number of nitrogens with one attached hydrogen (secondary N) is 1. The van der Waals surface area contributed by atoms with Gasteiger partial charge in [-0.3, -0.25) is 9.20 Å². The summed E-state index contributed by atoms with van der Waals surface area (Å²) >= 11 is 5.96. The highest BCUT2D eigenvalue weighted by atomic mass is 35.5. The number of imidazole rings is 1. The van der Waals surface area contributed by atoms with Crippen LogP contribution in [0.5, 0.6) is 0 Å². The third kappa shape index (κ3) is 3.21. The standard InChI is InChI=1S/C16H17ClN6O/c1-16(2,3)12(13-18-5-4-6-19-13)22-14(24)11-8-21-15-20-7-10(17)9-23(11)15/h4-9,12H,1-3H3,(H,22,24). The molecule has 24 heavy (non-hydrogen) atoms. The largest absolute Gasteiger partial charge is 0.340 e. The fourth-order valence-corrected chi connectivity index (χ4v) is 2.50. The van der Waals surface area contributed by atoms with Crippen molar-refractivity contribution in [3.05, 3.63) is 53.6 Å². The first kappa shape index (κ1) is 16.3. The van der Waals surface area contributed by atoms with E-state index in [9.17, 15) is 4.79 Å². The molecule has 3 rings (SSSR count). The molecule has 0 bridgehead atoms. The van der Waals surface area contributed by atoms with E-state index in [0.29, 0.717) is 22.3 Å². The highest BCUT2D eigenvalue weighted by Crippen LogP contribution is 2.30. The number of rotatable bonds is 3. The summed E-state index contributed by atoms with van der Waals surface area (Å²) in [6.45, 7) is 6.05. The molecule has 1 unspecified atom stereocenters. The summed E-state index contributed by atoms with van der Waals surface area (Å²) in [6, 6.07) is 1.38. The van der Waals surface area contributed by atoms with Gasteiger partial charge in [-0.15, -0.1) is 0 Å². The van der Waals surface area contributed by atoms with Crippen molar-refractivity contribution in [2.75, 3.05) is 0 Å². The zero-order chi connectivity index (χ0) is 17.3. The van der Waals surface area contributed by atoms with Crippen molar-refractivity contribution in [1.29, 1.82) is 0 Å². The van der Waals surface area contributed by atoms with Gasteiger partial charge >= 0.3 is 0 Å². The number of nitrogens with zero attached hydrogens (tertiary/aromatic N) is 5. The van der Waals surface area contributed by atoms with Crippen LogP contribution < -0.4 is 5.32 Å². The summed E-state index contributed by atoms with van der Waals surface area (Å²) in [7, 11) is 0. The zero-order valence-electron chi connectivity index (χ0n) is 13.6. The lowest BCUT2D eigenvalue weighted by atomic mass is 9.86. The molecule has 0 saturated carbocycles. The predicted octanol–water partition coefficient (Wildman–Crippen LogP) is 2.69. The lowest BCUT2D eigenvalue weighted by Crippen LogP contribution is -2.38. The summed E-state index contributed by atoms with van der Waals surface area (Å²) in [4.78, 5) is 29.5. The maximum Gasteiger partial charge on any atom is 0.270 e. The van der Waals surface area contributed by atoms with Crippen LogP contribution in [-0.4, -0.2) is 30.2 Å². The molecule has 0 aromatic carbocycles. The van der Waals surface area contributed by atoms with Crippen LogP contribution in [0.2, 0.25) is 5.02 Å². The highest BCUT2D eigenvalue weighted by molar-refractivity contribution is 6.30. The molecule has 1 amide bonds. The number of carbonyl (C=O) groups excluding carboxylic acids is 1. The fourth-order valence-electron chi connectivity index (χ4n) is 2.35. The molecule has 7 nitrogen and oxygen atoms in total. The van der Waals surface area contributed by atoms with Crippen LogP contribution in [0.25, 0.3) is 5.78 Å². The summed E-state index contributed by atoms with van der Waals surface area (Å²) in [5.41, 5.74) is 0.0816. The Morgan fingerprint density at radius 3 is 2.50 bits per heavy atom. The minimum atomic E-state index is -0.358. The normalized spacial score (nSPS) is 13.0. The average Bonchev–Trinajstić information content (AvgIpc) is 2.95. The zero-order valence-corrected chi connectivity index (χ0v) is 14.3. The van der Waals surface area contributed by atoms with Crippen molar-refractivity contribution in [3.63, 3.8) is 0 Å². The summed E-state index contributed by atoms with van der Waals surface area (Å²) in [5.74, 6) is 0.676. The predicted molar refractivity (Wildman–Crippen MR) is 89.7 cm³/mol. The van der Waals surface area contributed by atoms with Gasteiger partial charge in [0.2, 0.25) is 5.78 Å². The van der Waals surface area contributed by atoms with Gasteiger partial charge in [0.25, 0.3) is 5.91 Å². The van der Waals surface area contributed by atoms with E-state index in [1.54, 1.807) is 29.1 Å².